The molecule has 7 atom stereocenters. The number of nitrogens with zero attached hydrogens (tertiary/aromatic N) is 1. The van der Waals surface area contributed by atoms with Crippen LogP contribution in [0, 0.1) is 0 Å². The number of aliphatic hydroxyl groups is 3. The number of rotatable bonds is 10. The van der Waals surface area contributed by atoms with Crippen LogP contribution < -0.4 is 65.5 Å². The molecule has 0 aromatic carbocycles. The summed E-state index contributed by atoms with van der Waals surface area (Å²) in [5, 5.41) is 48.0. The fourth-order valence-electron chi connectivity index (χ4n) is 4.41. The number of carbonyl (C=O) groups excluding carboxylic acids is 7. The predicted molar refractivity (Wildman–Crippen MR) is 164 cm³/mol. The first kappa shape index (κ1) is 39.1. The first-order valence-corrected chi connectivity index (χ1v) is 14.7. The number of aliphatic hydroxyl groups excluding tert-OH is 3. The van der Waals surface area contributed by atoms with Crippen LogP contribution in [0.2, 0.25) is 0 Å². The van der Waals surface area contributed by atoms with Crippen molar-refractivity contribution in [1.82, 2.24) is 42.5 Å². The molecule has 7 unspecified atom stereocenters. The quantitative estimate of drug-likeness (QED) is 0.0950. The highest BCUT2D eigenvalue weighted by Crippen LogP contribution is 2.07. The van der Waals surface area contributed by atoms with Gasteiger partial charge in [0, 0.05) is 31.8 Å². The van der Waals surface area contributed by atoms with Crippen LogP contribution in [0.4, 0.5) is 4.79 Å². The number of primary amides is 1. The Kier molecular flexibility index (Phi) is 15.4. The van der Waals surface area contributed by atoms with Crippen LogP contribution >= 0.6 is 0 Å². The van der Waals surface area contributed by atoms with E-state index >= 15 is 0 Å². The third-order valence-corrected chi connectivity index (χ3v) is 7.03. The zero-order valence-electron chi connectivity index (χ0n) is 25.7. The fraction of sp³-hybridized carbons (Fsp3) is 0.600. The van der Waals surface area contributed by atoms with Crippen LogP contribution in [0.15, 0.2) is 16.9 Å². The van der Waals surface area contributed by atoms with Gasteiger partial charge in [0.25, 0.3) is 5.91 Å². The van der Waals surface area contributed by atoms with Gasteiger partial charge in [0.2, 0.25) is 29.5 Å². The smallest absolute Gasteiger partial charge is 0.316 e. The van der Waals surface area contributed by atoms with Crippen molar-refractivity contribution in [2.24, 2.45) is 27.9 Å². The van der Waals surface area contributed by atoms with E-state index < -0.39 is 116 Å². The van der Waals surface area contributed by atoms with Gasteiger partial charge in [-0.2, -0.15) is 0 Å². The van der Waals surface area contributed by atoms with Gasteiger partial charge in [-0.05, 0) is 19.4 Å². The SMILES string of the molecule is NCCC(O)C(N)CC(=O)NC1CNC(=O)C(C2CCN=C(N)N2)NC(=O)C(=CNC(N)=O)NC(=O)C(CO)NC(=O)C(CO)NC1=O. The van der Waals surface area contributed by atoms with Crippen molar-refractivity contribution in [2.75, 3.05) is 32.8 Å². The van der Waals surface area contributed by atoms with Crippen LogP contribution in [0.1, 0.15) is 19.3 Å². The molecule has 1 fully saturated rings. The van der Waals surface area contributed by atoms with Gasteiger partial charge in [0.1, 0.15) is 29.9 Å². The van der Waals surface area contributed by atoms with E-state index in [9.17, 15) is 48.9 Å². The van der Waals surface area contributed by atoms with Crippen LogP contribution in [0.25, 0.3) is 0 Å². The van der Waals surface area contributed by atoms with E-state index in [-0.39, 0.29) is 31.9 Å². The maximum atomic E-state index is 13.6. The molecular weight excluding hydrogens is 642 g/mol. The second-order valence-electron chi connectivity index (χ2n) is 10.7. The predicted octanol–water partition coefficient (Wildman–Crippen LogP) is -9.23. The molecule has 2 rings (SSSR count). The summed E-state index contributed by atoms with van der Waals surface area (Å²) in [7, 11) is 0. The highest BCUT2D eigenvalue weighted by Gasteiger charge is 2.36. The third kappa shape index (κ3) is 11.9. The molecule has 2 aliphatic rings. The maximum Gasteiger partial charge on any atom is 0.316 e. The monoisotopic (exact) mass is 685 g/mol. The lowest BCUT2D eigenvalue weighted by molar-refractivity contribution is -0.135. The summed E-state index contributed by atoms with van der Waals surface area (Å²) >= 11 is 0. The molecule has 23 heteroatoms. The standard InChI is InChI=1S/C25H43N13O10/c26-3-1-16(41)10(27)5-17(42)33-12-6-31-23(47)18(11-2-4-30-24(28)37-11)38-20(44)13(7-32-25(29)48)34-21(45)14(8-39)36-22(46)15(9-40)35-19(12)43/h7,10-12,14-16,18,39-41H,1-6,8-9,26-27H2,(H,31,47)(H,33,42)(H,34,45)(H,35,43)(H,36,46)(H,38,44)(H3,28,30,37)(H3,29,32,48). The van der Waals surface area contributed by atoms with Crippen molar-refractivity contribution < 1.29 is 48.9 Å². The van der Waals surface area contributed by atoms with Gasteiger partial charge in [-0.1, -0.05) is 0 Å². The Balaban J connectivity index is 2.52. The first-order chi connectivity index (χ1) is 22.7. The molecule has 0 radical (unpaired) electrons. The molecule has 19 N–H and O–H groups in total. The molecule has 2 aliphatic heterocycles. The normalized spacial score (nSPS) is 26.7. The third-order valence-electron chi connectivity index (χ3n) is 7.03. The van der Waals surface area contributed by atoms with Crippen molar-refractivity contribution >= 4 is 47.4 Å². The van der Waals surface area contributed by atoms with E-state index in [1.165, 1.54) is 0 Å². The maximum absolute atomic E-state index is 13.6. The van der Waals surface area contributed by atoms with E-state index in [0.717, 1.165) is 0 Å². The Morgan fingerprint density at radius 1 is 0.979 bits per heavy atom. The van der Waals surface area contributed by atoms with Crippen LogP contribution in [-0.4, -0.2) is 138 Å². The Hall–Kier alpha value is -5.10. The minimum absolute atomic E-state index is 0.0610. The average Bonchev–Trinajstić information content (AvgIpc) is 3.03. The molecule has 1 saturated heterocycles. The topological polar surface area (TPSA) is 393 Å². The molecule has 0 aliphatic carbocycles. The molecule has 0 spiro atoms. The molecule has 0 bridgehead atoms. The van der Waals surface area contributed by atoms with Crippen molar-refractivity contribution in [3.05, 3.63) is 11.9 Å². The molecule has 8 amide bonds. The van der Waals surface area contributed by atoms with Gasteiger partial charge in [0.05, 0.1) is 25.4 Å². The zero-order chi connectivity index (χ0) is 36.0. The summed E-state index contributed by atoms with van der Waals surface area (Å²) in [6.45, 7) is -2.46. The van der Waals surface area contributed by atoms with Crippen molar-refractivity contribution in [3.63, 3.8) is 0 Å². The molecule has 0 aromatic heterocycles. The van der Waals surface area contributed by atoms with Crippen molar-refractivity contribution in [3.8, 4) is 0 Å². The minimum Gasteiger partial charge on any atom is -0.394 e. The van der Waals surface area contributed by atoms with Gasteiger partial charge in [-0.15, -0.1) is 0 Å². The van der Waals surface area contributed by atoms with Gasteiger partial charge < -0.3 is 80.8 Å². The summed E-state index contributed by atoms with van der Waals surface area (Å²) in [5.74, 6) is -6.43. The number of aliphatic imine (C=N–C) groups is 1. The number of hydrogen-bond donors (Lipinski definition) is 15. The second kappa shape index (κ2) is 18.9. The highest BCUT2D eigenvalue weighted by atomic mass is 16.3. The lowest BCUT2D eigenvalue weighted by Gasteiger charge is -2.31. The Bertz CT molecular complexity index is 1280. The van der Waals surface area contributed by atoms with Crippen LogP contribution in [-0.2, 0) is 28.8 Å². The summed E-state index contributed by atoms with van der Waals surface area (Å²) in [5.41, 5.74) is 21.4. The summed E-state index contributed by atoms with van der Waals surface area (Å²) in [6.07, 6.45) is -0.684. The van der Waals surface area contributed by atoms with Gasteiger partial charge in [0.15, 0.2) is 5.96 Å². The number of amides is 8. The molecular formula is C25H43N13O10. The van der Waals surface area contributed by atoms with Crippen LogP contribution in [0.3, 0.4) is 0 Å². The largest absolute Gasteiger partial charge is 0.394 e. The number of nitrogens with one attached hydrogen (secondary N) is 8. The Morgan fingerprint density at radius 3 is 2.23 bits per heavy atom. The van der Waals surface area contributed by atoms with Crippen molar-refractivity contribution in [2.45, 2.75) is 61.6 Å². The van der Waals surface area contributed by atoms with Gasteiger partial charge >= 0.3 is 6.03 Å². The number of nitrogens with two attached hydrogens (primary N) is 4. The lowest BCUT2D eigenvalue weighted by Crippen LogP contribution is -2.64. The zero-order valence-corrected chi connectivity index (χ0v) is 25.7. The molecule has 23 nitrogen and oxygen atoms in total. The Morgan fingerprint density at radius 2 is 1.62 bits per heavy atom. The second-order valence-corrected chi connectivity index (χ2v) is 10.7. The highest BCUT2D eigenvalue weighted by molar-refractivity contribution is 6.02. The molecule has 0 saturated carbocycles. The molecule has 0 aromatic rings. The fourth-order valence-corrected chi connectivity index (χ4v) is 4.41. The number of carbonyl (C=O) groups is 7. The average molecular weight is 686 g/mol. The first-order valence-electron chi connectivity index (χ1n) is 14.7. The van der Waals surface area contributed by atoms with Crippen molar-refractivity contribution in [1.29, 1.82) is 0 Å². The van der Waals surface area contributed by atoms with E-state index in [1.807, 2.05) is 5.32 Å². The van der Waals surface area contributed by atoms with E-state index in [0.29, 0.717) is 6.20 Å². The summed E-state index contributed by atoms with van der Waals surface area (Å²) in [6, 6.07) is -9.75. The Labute approximate surface area is 273 Å². The lowest BCUT2D eigenvalue weighted by atomic mass is 10.0. The van der Waals surface area contributed by atoms with Crippen LogP contribution in [0.5, 0.6) is 0 Å². The molecule has 2 heterocycles. The minimum atomic E-state index is -1.77. The molecule has 48 heavy (non-hydrogen) atoms. The molecule has 268 valence electrons. The van der Waals surface area contributed by atoms with E-state index in [2.05, 4.69) is 42.2 Å². The van der Waals surface area contributed by atoms with Gasteiger partial charge in [-0.25, -0.2) is 4.79 Å². The number of urea groups is 1. The summed E-state index contributed by atoms with van der Waals surface area (Å²) < 4.78 is 0. The van der Waals surface area contributed by atoms with E-state index in [4.69, 9.17) is 22.9 Å². The number of guanidine groups is 1. The van der Waals surface area contributed by atoms with Gasteiger partial charge in [-0.3, -0.25) is 33.8 Å². The number of hydrogen-bond acceptors (Lipinski definition) is 15. The van der Waals surface area contributed by atoms with E-state index in [1.54, 1.807) is 0 Å². The summed E-state index contributed by atoms with van der Waals surface area (Å²) in [4.78, 5) is 94.2.